The molecule has 1 amide bonds. The zero-order valence-corrected chi connectivity index (χ0v) is 16.2. The van der Waals surface area contributed by atoms with Crippen molar-refractivity contribution in [3.8, 4) is 10.6 Å². The van der Waals surface area contributed by atoms with E-state index in [4.69, 9.17) is 0 Å². The summed E-state index contributed by atoms with van der Waals surface area (Å²) >= 11 is 1.44. The Hall–Kier alpha value is -3.31. The fourth-order valence-corrected chi connectivity index (χ4v) is 4.09. The Kier molecular flexibility index (Phi) is 5.26. The molecule has 2 aromatic carbocycles. The third kappa shape index (κ3) is 3.85. The number of aryl methyl sites for hydroxylation is 1. The second-order valence-electron chi connectivity index (χ2n) is 6.39. The van der Waals surface area contributed by atoms with Crippen LogP contribution in [-0.2, 0) is 4.79 Å². The second-order valence-corrected chi connectivity index (χ2v) is 7.39. The zero-order valence-electron chi connectivity index (χ0n) is 15.4. The lowest BCUT2D eigenvalue weighted by molar-refractivity contribution is -0.116. The summed E-state index contributed by atoms with van der Waals surface area (Å²) < 4.78 is 0. The molecule has 2 heterocycles. The third-order valence-electron chi connectivity index (χ3n) is 4.45. The molecular weight excluding hydrogens is 366 g/mol. The Morgan fingerprint density at radius 2 is 1.50 bits per heavy atom. The monoisotopic (exact) mass is 385 g/mol. The van der Waals surface area contributed by atoms with Crippen LogP contribution in [0.15, 0.2) is 85.1 Å². The normalized spacial score (nSPS) is 10.8. The van der Waals surface area contributed by atoms with E-state index in [0.29, 0.717) is 5.13 Å². The number of hydrogen-bond donors (Lipinski definition) is 1. The van der Waals surface area contributed by atoms with Crippen molar-refractivity contribution in [2.45, 2.75) is 12.8 Å². The van der Waals surface area contributed by atoms with E-state index in [9.17, 15) is 4.79 Å². The number of nitrogens with zero attached hydrogens (tertiary/aromatic N) is 2. The first kappa shape index (κ1) is 18.1. The number of carbonyl (C=O) groups excluding carboxylic acids is 1. The molecule has 0 unspecified atom stereocenters. The number of anilines is 1. The summed E-state index contributed by atoms with van der Waals surface area (Å²) in [5.74, 6) is -0.497. The van der Waals surface area contributed by atoms with E-state index < -0.39 is 5.92 Å². The molecule has 0 spiro atoms. The smallest absolute Gasteiger partial charge is 0.238 e. The first-order valence-corrected chi connectivity index (χ1v) is 9.83. The number of rotatable bonds is 5. The molecule has 0 aliphatic carbocycles. The van der Waals surface area contributed by atoms with Crippen molar-refractivity contribution in [1.82, 2.24) is 9.97 Å². The molecule has 2 aromatic heterocycles. The Morgan fingerprint density at radius 1 is 0.893 bits per heavy atom. The fourth-order valence-electron chi connectivity index (χ4n) is 3.15. The summed E-state index contributed by atoms with van der Waals surface area (Å²) in [6.45, 7) is 1.93. The van der Waals surface area contributed by atoms with Crippen LogP contribution in [0.25, 0.3) is 10.6 Å². The number of aromatic nitrogens is 2. The summed E-state index contributed by atoms with van der Waals surface area (Å²) in [5.41, 5.74) is 3.62. The molecule has 4 rings (SSSR count). The van der Waals surface area contributed by atoms with Gasteiger partial charge in [0.25, 0.3) is 0 Å². The highest BCUT2D eigenvalue weighted by Gasteiger charge is 2.24. The molecule has 0 bridgehead atoms. The van der Waals surface area contributed by atoms with Crippen LogP contribution in [0.4, 0.5) is 5.13 Å². The Balaban J connectivity index is 1.64. The molecule has 1 N–H and O–H groups in total. The van der Waals surface area contributed by atoms with Crippen LogP contribution in [0.5, 0.6) is 0 Å². The molecule has 0 fully saturated rings. The standard InChI is InChI=1S/C23H19N3OS/c1-16-21(19-14-8-9-15-24-19)28-23(25-16)26-22(27)20(17-10-4-2-5-11-17)18-12-6-3-7-13-18/h2-15,20H,1H3,(H,25,26,27). The molecule has 0 saturated carbocycles. The average molecular weight is 385 g/mol. The average Bonchev–Trinajstić information content (AvgIpc) is 3.10. The lowest BCUT2D eigenvalue weighted by Gasteiger charge is -2.17. The highest BCUT2D eigenvalue weighted by molar-refractivity contribution is 7.19. The predicted octanol–water partition coefficient (Wildman–Crippen LogP) is 5.28. The molecular formula is C23H19N3OS. The minimum Gasteiger partial charge on any atom is -0.301 e. The maximum atomic E-state index is 13.2. The van der Waals surface area contributed by atoms with Gasteiger partial charge in [-0.15, -0.1) is 0 Å². The quantitative estimate of drug-likeness (QED) is 0.508. The maximum Gasteiger partial charge on any atom is 0.238 e. The van der Waals surface area contributed by atoms with Crippen molar-refractivity contribution >= 4 is 22.4 Å². The lowest BCUT2D eigenvalue weighted by atomic mass is 9.90. The van der Waals surface area contributed by atoms with Crippen molar-refractivity contribution in [3.05, 3.63) is 102 Å². The van der Waals surface area contributed by atoms with E-state index >= 15 is 0 Å². The molecule has 28 heavy (non-hydrogen) atoms. The van der Waals surface area contributed by atoms with E-state index in [0.717, 1.165) is 27.4 Å². The summed E-state index contributed by atoms with van der Waals surface area (Å²) in [4.78, 5) is 23.1. The van der Waals surface area contributed by atoms with Crippen molar-refractivity contribution in [2.24, 2.45) is 0 Å². The molecule has 0 atom stereocenters. The van der Waals surface area contributed by atoms with Crippen LogP contribution < -0.4 is 5.32 Å². The largest absolute Gasteiger partial charge is 0.301 e. The first-order valence-electron chi connectivity index (χ1n) is 9.02. The lowest BCUT2D eigenvalue weighted by Crippen LogP contribution is -2.22. The van der Waals surface area contributed by atoms with Gasteiger partial charge >= 0.3 is 0 Å². The molecule has 4 aromatic rings. The number of amides is 1. The Labute approximate surface area is 167 Å². The van der Waals surface area contributed by atoms with E-state index in [1.807, 2.05) is 85.8 Å². The number of nitrogens with one attached hydrogen (secondary N) is 1. The molecule has 0 radical (unpaired) electrons. The van der Waals surface area contributed by atoms with Crippen molar-refractivity contribution in [2.75, 3.05) is 5.32 Å². The molecule has 0 aliphatic heterocycles. The highest BCUT2D eigenvalue weighted by atomic mass is 32.1. The number of pyridine rings is 1. The van der Waals surface area contributed by atoms with Crippen LogP contribution in [0.2, 0.25) is 0 Å². The maximum absolute atomic E-state index is 13.2. The number of thiazole rings is 1. The Morgan fingerprint density at radius 3 is 2.07 bits per heavy atom. The summed E-state index contributed by atoms with van der Waals surface area (Å²) in [6, 6.07) is 25.4. The minimum atomic E-state index is -0.398. The van der Waals surface area contributed by atoms with Gasteiger partial charge < -0.3 is 5.32 Å². The van der Waals surface area contributed by atoms with E-state index in [1.165, 1.54) is 11.3 Å². The van der Waals surface area contributed by atoms with Gasteiger partial charge in [0.2, 0.25) is 5.91 Å². The summed E-state index contributed by atoms with van der Waals surface area (Å²) in [5, 5.41) is 3.59. The van der Waals surface area contributed by atoms with Gasteiger partial charge in [-0.25, -0.2) is 4.98 Å². The third-order valence-corrected chi connectivity index (χ3v) is 5.55. The van der Waals surface area contributed by atoms with E-state index in [-0.39, 0.29) is 5.91 Å². The number of hydrogen-bond acceptors (Lipinski definition) is 4. The topological polar surface area (TPSA) is 54.9 Å². The summed E-state index contributed by atoms with van der Waals surface area (Å²) in [6.07, 6.45) is 1.76. The van der Waals surface area contributed by atoms with Gasteiger partial charge in [-0.05, 0) is 30.2 Å². The summed E-state index contributed by atoms with van der Waals surface area (Å²) in [7, 11) is 0. The van der Waals surface area contributed by atoms with E-state index in [1.54, 1.807) is 6.20 Å². The van der Waals surface area contributed by atoms with Crippen molar-refractivity contribution in [3.63, 3.8) is 0 Å². The molecule has 5 heteroatoms. The van der Waals surface area contributed by atoms with Gasteiger partial charge in [0, 0.05) is 6.20 Å². The van der Waals surface area contributed by atoms with Crippen LogP contribution in [0, 0.1) is 6.92 Å². The van der Waals surface area contributed by atoms with Crippen LogP contribution in [0.3, 0.4) is 0 Å². The van der Waals surface area contributed by atoms with Crippen LogP contribution >= 0.6 is 11.3 Å². The van der Waals surface area contributed by atoms with Gasteiger partial charge in [0.15, 0.2) is 5.13 Å². The van der Waals surface area contributed by atoms with Crippen molar-refractivity contribution < 1.29 is 4.79 Å². The number of carbonyl (C=O) groups is 1. The highest BCUT2D eigenvalue weighted by Crippen LogP contribution is 2.33. The van der Waals surface area contributed by atoms with Crippen molar-refractivity contribution in [1.29, 1.82) is 0 Å². The van der Waals surface area contributed by atoms with Gasteiger partial charge in [-0.3, -0.25) is 9.78 Å². The predicted molar refractivity (Wildman–Crippen MR) is 113 cm³/mol. The fraction of sp³-hybridized carbons (Fsp3) is 0.0870. The first-order chi connectivity index (χ1) is 13.7. The Bertz CT molecular complexity index is 1020. The van der Waals surface area contributed by atoms with Crippen LogP contribution in [0.1, 0.15) is 22.7 Å². The number of benzene rings is 2. The SMILES string of the molecule is Cc1nc(NC(=O)C(c2ccccc2)c2ccccc2)sc1-c1ccccn1. The van der Waals surface area contributed by atoms with Gasteiger partial charge in [-0.2, -0.15) is 0 Å². The molecule has 4 nitrogen and oxygen atoms in total. The molecule has 138 valence electrons. The van der Waals surface area contributed by atoms with Crippen LogP contribution in [-0.4, -0.2) is 15.9 Å². The molecule has 0 saturated heterocycles. The molecule has 0 aliphatic rings. The van der Waals surface area contributed by atoms with E-state index in [2.05, 4.69) is 15.3 Å². The van der Waals surface area contributed by atoms with Gasteiger partial charge in [-0.1, -0.05) is 78.1 Å². The minimum absolute atomic E-state index is 0.0984. The van der Waals surface area contributed by atoms with Gasteiger partial charge in [0.1, 0.15) is 0 Å². The second kappa shape index (κ2) is 8.15. The van der Waals surface area contributed by atoms with Gasteiger partial charge in [0.05, 0.1) is 22.2 Å². The zero-order chi connectivity index (χ0) is 19.3.